The number of nitrogens with zero attached hydrogens (tertiary/aromatic N) is 1. The van der Waals surface area contributed by atoms with Crippen LogP contribution in [0.2, 0.25) is 0 Å². The van der Waals surface area contributed by atoms with Crippen LogP contribution in [-0.2, 0) is 4.74 Å². The molecule has 0 saturated carbocycles. The maximum absolute atomic E-state index is 13.3. The van der Waals surface area contributed by atoms with E-state index >= 15 is 0 Å². The first-order valence-electron chi connectivity index (χ1n) is 7.59. The van der Waals surface area contributed by atoms with Gasteiger partial charge in [-0.1, -0.05) is 13.0 Å². The quantitative estimate of drug-likeness (QED) is 0.831. The van der Waals surface area contributed by atoms with Crippen molar-refractivity contribution in [2.45, 2.75) is 38.9 Å². The lowest BCUT2D eigenvalue weighted by molar-refractivity contribution is 0.0498. The second-order valence-corrected chi connectivity index (χ2v) is 5.28. The number of likely N-dealkylation sites (N-methyl/N-ethyl adjacent to an activating group) is 2. The molecule has 1 fully saturated rings. The Labute approximate surface area is 121 Å². The van der Waals surface area contributed by atoms with Gasteiger partial charge in [0.2, 0.25) is 0 Å². The van der Waals surface area contributed by atoms with Gasteiger partial charge in [-0.2, -0.15) is 0 Å². The summed E-state index contributed by atoms with van der Waals surface area (Å²) in [6, 6.07) is 6.79. The van der Waals surface area contributed by atoms with Crippen molar-refractivity contribution in [3.63, 3.8) is 0 Å². The number of hydrogen-bond donors (Lipinski definition) is 1. The van der Waals surface area contributed by atoms with Crippen LogP contribution in [0, 0.1) is 5.82 Å². The molecule has 1 saturated heterocycles. The molecular weight excluding hydrogens is 255 g/mol. The third kappa shape index (κ3) is 4.18. The van der Waals surface area contributed by atoms with E-state index in [1.807, 2.05) is 6.07 Å². The van der Waals surface area contributed by atoms with Crippen molar-refractivity contribution in [3.8, 4) is 0 Å². The Balaban J connectivity index is 1.88. The number of hydrogen-bond acceptors (Lipinski definition) is 3. The minimum atomic E-state index is -0.182. The molecule has 0 aromatic heterocycles. The van der Waals surface area contributed by atoms with Gasteiger partial charge in [0.05, 0.1) is 12.2 Å². The minimum absolute atomic E-state index is 0.182. The molecule has 0 aliphatic carbocycles. The zero-order chi connectivity index (χ0) is 14.4. The first-order valence-corrected chi connectivity index (χ1v) is 7.59. The van der Waals surface area contributed by atoms with E-state index < -0.39 is 0 Å². The van der Waals surface area contributed by atoms with Gasteiger partial charge in [0.1, 0.15) is 5.82 Å². The van der Waals surface area contributed by atoms with Crippen molar-refractivity contribution in [1.82, 2.24) is 5.32 Å². The number of halogens is 1. The fraction of sp³-hybridized carbons (Fsp3) is 0.625. The first-order chi connectivity index (χ1) is 9.72. The molecule has 0 radical (unpaired) electrons. The van der Waals surface area contributed by atoms with Crippen molar-refractivity contribution in [2.75, 3.05) is 31.1 Å². The van der Waals surface area contributed by atoms with Gasteiger partial charge >= 0.3 is 0 Å². The average Bonchev–Trinajstić information content (AvgIpc) is 2.90. The van der Waals surface area contributed by atoms with Crippen molar-refractivity contribution in [3.05, 3.63) is 30.1 Å². The van der Waals surface area contributed by atoms with Gasteiger partial charge in [0, 0.05) is 25.3 Å². The van der Waals surface area contributed by atoms with E-state index in [1.54, 1.807) is 12.1 Å². The summed E-state index contributed by atoms with van der Waals surface area (Å²) < 4.78 is 19.4. The van der Waals surface area contributed by atoms with Crippen molar-refractivity contribution in [1.29, 1.82) is 0 Å². The molecule has 3 nitrogen and oxygen atoms in total. The SMILES string of the molecule is CCNCC1CCC(CN(CC)c2cccc(F)c2)O1. The maximum Gasteiger partial charge on any atom is 0.125 e. The minimum Gasteiger partial charge on any atom is -0.372 e. The van der Waals surface area contributed by atoms with E-state index in [9.17, 15) is 4.39 Å². The Kier molecular flexibility index (Phi) is 5.80. The summed E-state index contributed by atoms with van der Waals surface area (Å²) in [5.41, 5.74) is 0.936. The number of nitrogens with one attached hydrogen (secondary N) is 1. The highest BCUT2D eigenvalue weighted by Gasteiger charge is 2.26. The molecule has 2 atom stereocenters. The summed E-state index contributed by atoms with van der Waals surface area (Å²) in [6.45, 7) is 7.81. The zero-order valence-corrected chi connectivity index (χ0v) is 12.4. The van der Waals surface area contributed by atoms with Crippen LogP contribution < -0.4 is 10.2 Å². The Morgan fingerprint density at radius 2 is 2.10 bits per heavy atom. The van der Waals surface area contributed by atoms with Crippen molar-refractivity contribution in [2.24, 2.45) is 0 Å². The Bertz CT molecular complexity index is 413. The summed E-state index contributed by atoms with van der Waals surface area (Å²) in [4.78, 5) is 2.18. The molecular formula is C16H25FN2O. The predicted molar refractivity (Wildman–Crippen MR) is 80.7 cm³/mol. The molecule has 2 unspecified atom stereocenters. The molecule has 112 valence electrons. The average molecular weight is 280 g/mol. The monoisotopic (exact) mass is 280 g/mol. The fourth-order valence-corrected chi connectivity index (χ4v) is 2.71. The molecule has 1 aromatic rings. The molecule has 1 aromatic carbocycles. The smallest absolute Gasteiger partial charge is 0.125 e. The van der Waals surface area contributed by atoms with Gasteiger partial charge in [-0.3, -0.25) is 0 Å². The van der Waals surface area contributed by atoms with Gasteiger partial charge in [-0.15, -0.1) is 0 Å². The topological polar surface area (TPSA) is 24.5 Å². The molecule has 20 heavy (non-hydrogen) atoms. The van der Waals surface area contributed by atoms with Crippen molar-refractivity contribution >= 4 is 5.69 Å². The summed E-state index contributed by atoms with van der Waals surface area (Å²) >= 11 is 0. The Morgan fingerprint density at radius 3 is 2.80 bits per heavy atom. The van der Waals surface area contributed by atoms with Crippen LogP contribution in [-0.4, -0.2) is 38.4 Å². The van der Waals surface area contributed by atoms with Crippen LogP contribution in [0.5, 0.6) is 0 Å². The van der Waals surface area contributed by atoms with E-state index in [4.69, 9.17) is 4.74 Å². The van der Waals surface area contributed by atoms with Crippen molar-refractivity contribution < 1.29 is 9.13 Å². The highest BCUT2D eigenvalue weighted by atomic mass is 19.1. The van der Waals surface area contributed by atoms with Crippen LogP contribution in [0.25, 0.3) is 0 Å². The number of rotatable bonds is 7. The van der Waals surface area contributed by atoms with Crippen LogP contribution in [0.4, 0.5) is 10.1 Å². The fourth-order valence-electron chi connectivity index (χ4n) is 2.71. The number of benzene rings is 1. The molecule has 0 amide bonds. The highest BCUT2D eigenvalue weighted by molar-refractivity contribution is 5.46. The van der Waals surface area contributed by atoms with Gasteiger partial charge in [0.25, 0.3) is 0 Å². The van der Waals surface area contributed by atoms with Gasteiger partial charge in [0.15, 0.2) is 0 Å². The van der Waals surface area contributed by atoms with E-state index in [-0.39, 0.29) is 11.9 Å². The lowest BCUT2D eigenvalue weighted by Crippen LogP contribution is -2.34. The molecule has 4 heteroatoms. The Morgan fingerprint density at radius 1 is 1.30 bits per heavy atom. The summed E-state index contributed by atoms with van der Waals surface area (Å²) in [6.07, 6.45) is 2.77. The third-order valence-corrected chi connectivity index (χ3v) is 3.80. The van der Waals surface area contributed by atoms with E-state index in [2.05, 4.69) is 24.1 Å². The highest BCUT2D eigenvalue weighted by Crippen LogP contribution is 2.23. The summed E-state index contributed by atoms with van der Waals surface area (Å²) in [5.74, 6) is -0.182. The third-order valence-electron chi connectivity index (χ3n) is 3.80. The van der Waals surface area contributed by atoms with Crippen LogP contribution >= 0.6 is 0 Å². The standard InChI is InChI=1S/C16H25FN2O/c1-3-18-11-15-8-9-16(20-15)12-19(4-2)14-7-5-6-13(17)10-14/h5-7,10,15-16,18H,3-4,8-9,11-12H2,1-2H3. The predicted octanol–water partition coefficient (Wildman–Crippen LogP) is 2.81. The molecule has 1 heterocycles. The molecule has 1 aliphatic rings. The molecule has 1 aliphatic heterocycles. The normalized spacial score (nSPS) is 22.1. The number of anilines is 1. The van der Waals surface area contributed by atoms with Crippen LogP contribution in [0.1, 0.15) is 26.7 Å². The Hall–Kier alpha value is -1.13. The second kappa shape index (κ2) is 7.60. The van der Waals surface area contributed by atoms with Gasteiger partial charge < -0.3 is 15.0 Å². The van der Waals surface area contributed by atoms with E-state index in [0.717, 1.165) is 44.7 Å². The largest absolute Gasteiger partial charge is 0.372 e. The summed E-state index contributed by atoms with van der Waals surface area (Å²) in [5, 5.41) is 3.33. The van der Waals surface area contributed by atoms with E-state index in [0.29, 0.717) is 6.10 Å². The first kappa shape index (κ1) is 15.3. The second-order valence-electron chi connectivity index (χ2n) is 5.28. The lowest BCUT2D eigenvalue weighted by Gasteiger charge is -2.26. The zero-order valence-electron chi connectivity index (χ0n) is 12.4. The van der Waals surface area contributed by atoms with Crippen LogP contribution in [0.15, 0.2) is 24.3 Å². The maximum atomic E-state index is 13.3. The van der Waals surface area contributed by atoms with E-state index in [1.165, 1.54) is 6.07 Å². The number of ether oxygens (including phenoxy) is 1. The lowest BCUT2D eigenvalue weighted by atomic mass is 10.1. The summed E-state index contributed by atoms with van der Waals surface area (Å²) in [7, 11) is 0. The molecule has 2 rings (SSSR count). The molecule has 1 N–H and O–H groups in total. The molecule has 0 spiro atoms. The van der Waals surface area contributed by atoms with Crippen LogP contribution in [0.3, 0.4) is 0 Å². The van der Waals surface area contributed by atoms with Gasteiger partial charge in [-0.25, -0.2) is 4.39 Å². The van der Waals surface area contributed by atoms with Gasteiger partial charge in [-0.05, 0) is 44.5 Å². The molecule has 0 bridgehead atoms.